The number of hydrogen-bond donors (Lipinski definition) is 1. The van der Waals surface area contributed by atoms with Crippen LogP contribution in [0.4, 0.5) is 5.69 Å². The molecule has 0 aliphatic rings. The molecule has 0 unspecified atom stereocenters. The van der Waals surface area contributed by atoms with Gasteiger partial charge in [-0.15, -0.1) is 0 Å². The maximum Gasteiger partial charge on any atom is 0.142 e. The Kier molecular flexibility index (Phi) is 4.68. The average Bonchev–Trinajstić information content (AvgIpc) is 2.41. The highest BCUT2D eigenvalue weighted by atomic mass is 79.9. The van der Waals surface area contributed by atoms with Crippen LogP contribution in [0.1, 0.15) is 5.56 Å². The first-order chi connectivity index (χ1) is 9.16. The molecule has 0 atom stereocenters. The first kappa shape index (κ1) is 13.7. The summed E-state index contributed by atoms with van der Waals surface area (Å²) < 4.78 is 12.2. The molecule has 0 heterocycles. The van der Waals surface area contributed by atoms with Crippen molar-refractivity contribution < 1.29 is 9.47 Å². The quantitative estimate of drug-likeness (QED) is 0.673. The van der Waals surface area contributed by atoms with Crippen molar-refractivity contribution in [3.8, 4) is 11.5 Å². The summed E-state index contributed by atoms with van der Waals surface area (Å²) in [6.45, 7) is 2.90. The second-order valence-corrected chi connectivity index (χ2v) is 5.05. The van der Waals surface area contributed by atoms with E-state index in [-0.39, 0.29) is 0 Å². The molecule has 0 spiro atoms. The molecular weight excluding hydrogens is 306 g/mol. The standard InChI is InChI=1S/C15H16BrNO2/c1-11-3-2-4-14(15(11)17)19-10-9-18-13-7-5-12(16)6-8-13/h2-8H,9-10,17H2,1H3. The average molecular weight is 322 g/mol. The van der Waals surface area contributed by atoms with Gasteiger partial charge < -0.3 is 15.2 Å². The van der Waals surface area contributed by atoms with E-state index in [0.29, 0.717) is 24.7 Å². The minimum atomic E-state index is 0.462. The lowest BCUT2D eigenvalue weighted by molar-refractivity contribution is 0.218. The molecule has 0 saturated heterocycles. The van der Waals surface area contributed by atoms with E-state index < -0.39 is 0 Å². The fourth-order valence-electron chi connectivity index (χ4n) is 1.62. The van der Waals surface area contributed by atoms with Gasteiger partial charge >= 0.3 is 0 Å². The zero-order valence-electron chi connectivity index (χ0n) is 10.7. The summed E-state index contributed by atoms with van der Waals surface area (Å²) in [5.74, 6) is 1.53. The van der Waals surface area contributed by atoms with E-state index in [4.69, 9.17) is 15.2 Å². The monoisotopic (exact) mass is 321 g/mol. The van der Waals surface area contributed by atoms with Crippen LogP contribution in [0.25, 0.3) is 0 Å². The Labute approximate surface area is 121 Å². The van der Waals surface area contributed by atoms with Crippen LogP contribution in [-0.2, 0) is 0 Å². The van der Waals surface area contributed by atoms with Gasteiger partial charge in [-0.25, -0.2) is 0 Å². The van der Waals surface area contributed by atoms with E-state index in [0.717, 1.165) is 15.8 Å². The number of nitrogen functional groups attached to an aromatic ring is 1. The van der Waals surface area contributed by atoms with Gasteiger partial charge in [0, 0.05) is 4.47 Å². The largest absolute Gasteiger partial charge is 0.490 e. The number of hydrogen-bond acceptors (Lipinski definition) is 3. The van der Waals surface area contributed by atoms with Crippen molar-refractivity contribution in [3.63, 3.8) is 0 Å². The predicted octanol–water partition coefficient (Wildman–Crippen LogP) is 3.80. The van der Waals surface area contributed by atoms with E-state index in [1.807, 2.05) is 49.4 Å². The van der Waals surface area contributed by atoms with E-state index in [1.165, 1.54) is 0 Å². The Hall–Kier alpha value is -1.68. The zero-order valence-corrected chi connectivity index (χ0v) is 12.3. The molecule has 0 amide bonds. The molecule has 0 aliphatic carbocycles. The van der Waals surface area contributed by atoms with Crippen LogP contribution in [0.5, 0.6) is 11.5 Å². The molecule has 0 saturated carbocycles. The lowest BCUT2D eigenvalue weighted by Crippen LogP contribution is -2.10. The Bertz CT molecular complexity index is 540. The number of benzene rings is 2. The summed E-state index contributed by atoms with van der Waals surface area (Å²) in [7, 11) is 0. The molecule has 0 fully saturated rings. The fourth-order valence-corrected chi connectivity index (χ4v) is 1.89. The maximum atomic E-state index is 5.92. The van der Waals surface area contributed by atoms with Gasteiger partial charge in [-0.05, 0) is 42.8 Å². The lowest BCUT2D eigenvalue weighted by atomic mass is 10.2. The van der Waals surface area contributed by atoms with Crippen LogP contribution >= 0.6 is 15.9 Å². The summed E-state index contributed by atoms with van der Waals surface area (Å²) >= 11 is 3.38. The predicted molar refractivity (Wildman–Crippen MR) is 80.7 cm³/mol. The van der Waals surface area contributed by atoms with E-state index in [2.05, 4.69) is 15.9 Å². The SMILES string of the molecule is Cc1cccc(OCCOc2ccc(Br)cc2)c1N. The molecular formula is C15H16BrNO2. The van der Waals surface area contributed by atoms with Crippen LogP contribution in [0.2, 0.25) is 0 Å². The topological polar surface area (TPSA) is 44.5 Å². The van der Waals surface area contributed by atoms with Crippen molar-refractivity contribution in [1.29, 1.82) is 0 Å². The molecule has 2 rings (SSSR count). The van der Waals surface area contributed by atoms with Gasteiger partial charge in [0.25, 0.3) is 0 Å². The summed E-state index contributed by atoms with van der Waals surface area (Å²) in [5, 5.41) is 0. The van der Waals surface area contributed by atoms with Crippen molar-refractivity contribution in [1.82, 2.24) is 0 Å². The summed E-state index contributed by atoms with van der Waals surface area (Å²) in [5.41, 5.74) is 7.63. The van der Waals surface area contributed by atoms with Crippen molar-refractivity contribution >= 4 is 21.6 Å². The molecule has 100 valence electrons. The molecule has 0 radical (unpaired) electrons. The number of rotatable bonds is 5. The van der Waals surface area contributed by atoms with Gasteiger partial charge in [-0.3, -0.25) is 0 Å². The first-order valence-corrected chi connectivity index (χ1v) is 6.82. The number of ether oxygens (including phenoxy) is 2. The highest BCUT2D eigenvalue weighted by Crippen LogP contribution is 2.24. The third-order valence-corrected chi connectivity index (χ3v) is 3.24. The molecule has 3 nitrogen and oxygen atoms in total. The molecule has 4 heteroatoms. The van der Waals surface area contributed by atoms with Crippen molar-refractivity contribution in [2.24, 2.45) is 0 Å². The van der Waals surface area contributed by atoms with Gasteiger partial charge in [-0.1, -0.05) is 28.1 Å². The van der Waals surface area contributed by atoms with Gasteiger partial charge in [0.15, 0.2) is 0 Å². The van der Waals surface area contributed by atoms with Crippen LogP contribution in [0, 0.1) is 6.92 Å². The highest BCUT2D eigenvalue weighted by molar-refractivity contribution is 9.10. The van der Waals surface area contributed by atoms with E-state index in [9.17, 15) is 0 Å². The van der Waals surface area contributed by atoms with Crippen LogP contribution < -0.4 is 15.2 Å². The number of aryl methyl sites for hydroxylation is 1. The molecule has 0 bridgehead atoms. The molecule has 0 aliphatic heterocycles. The summed E-state index contributed by atoms with van der Waals surface area (Å²) in [6, 6.07) is 13.4. The molecule has 2 aromatic carbocycles. The molecule has 2 N–H and O–H groups in total. The first-order valence-electron chi connectivity index (χ1n) is 6.03. The number of nitrogens with two attached hydrogens (primary N) is 1. The second kappa shape index (κ2) is 6.48. The van der Waals surface area contributed by atoms with Gasteiger partial charge in [0.1, 0.15) is 24.7 Å². The molecule has 0 aromatic heterocycles. The van der Waals surface area contributed by atoms with Crippen molar-refractivity contribution in [3.05, 3.63) is 52.5 Å². The summed E-state index contributed by atoms with van der Waals surface area (Å²) in [4.78, 5) is 0. The lowest BCUT2D eigenvalue weighted by Gasteiger charge is -2.11. The van der Waals surface area contributed by atoms with Crippen LogP contribution in [0.3, 0.4) is 0 Å². The molecule has 19 heavy (non-hydrogen) atoms. The van der Waals surface area contributed by atoms with Crippen LogP contribution in [-0.4, -0.2) is 13.2 Å². The number of para-hydroxylation sites is 1. The van der Waals surface area contributed by atoms with E-state index in [1.54, 1.807) is 0 Å². The minimum absolute atomic E-state index is 0.462. The Balaban J connectivity index is 1.81. The van der Waals surface area contributed by atoms with Crippen molar-refractivity contribution in [2.75, 3.05) is 18.9 Å². The third kappa shape index (κ3) is 3.89. The van der Waals surface area contributed by atoms with Gasteiger partial charge in [-0.2, -0.15) is 0 Å². The Morgan fingerprint density at radius 1 is 1.00 bits per heavy atom. The Morgan fingerprint density at radius 3 is 2.42 bits per heavy atom. The number of anilines is 1. The zero-order chi connectivity index (χ0) is 13.7. The van der Waals surface area contributed by atoms with E-state index >= 15 is 0 Å². The Morgan fingerprint density at radius 2 is 1.68 bits per heavy atom. The highest BCUT2D eigenvalue weighted by Gasteiger charge is 2.02. The minimum Gasteiger partial charge on any atom is -0.490 e. The maximum absolute atomic E-state index is 5.92. The van der Waals surface area contributed by atoms with Crippen molar-refractivity contribution in [2.45, 2.75) is 6.92 Å². The normalized spacial score (nSPS) is 10.2. The second-order valence-electron chi connectivity index (χ2n) is 4.14. The fraction of sp³-hybridized carbons (Fsp3) is 0.200. The van der Waals surface area contributed by atoms with Gasteiger partial charge in [0.05, 0.1) is 5.69 Å². The third-order valence-electron chi connectivity index (χ3n) is 2.71. The molecule has 2 aromatic rings. The number of halogens is 1. The van der Waals surface area contributed by atoms with Gasteiger partial charge in [0.2, 0.25) is 0 Å². The smallest absolute Gasteiger partial charge is 0.142 e. The summed E-state index contributed by atoms with van der Waals surface area (Å²) in [6.07, 6.45) is 0. The van der Waals surface area contributed by atoms with Crippen LogP contribution in [0.15, 0.2) is 46.9 Å².